The number of H-pyrrole nitrogens is 1. The van der Waals surface area contributed by atoms with Gasteiger partial charge in [-0.3, -0.25) is 19.2 Å². The van der Waals surface area contributed by atoms with Crippen molar-refractivity contribution in [3.05, 3.63) is 18.2 Å². The monoisotopic (exact) mass is 514 g/mol. The molecule has 0 radical (unpaired) electrons. The zero-order valence-electron chi connectivity index (χ0n) is 19.9. The summed E-state index contributed by atoms with van der Waals surface area (Å²) in [6, 6.07) is -4.54. The van der Waals surface area contributed by atoms with E-state index in [0.29, 0.717) is 11.4 Å². The van der Waals surface area contributed by atoms with Crippen molar-refractivity contribution in [3.8, 4) is 0 Å². The molecule has 4 unspecified atom stereocenters. The summed E-state index contributed by atoms with van der Waals surface area (Å²) in [5, 5.41) is 25.8. The Morgan fingerprint density at radius 2 is 1.69 bits per heavy atom. The van der Waals surface area contributed by atoms with Gasteiger partial charge in [-0.1, -0.05) is 13.8 Å². The molecule has 0 fully saturated rings. The highest BCUT2D eigenvalue weighted by atomic mass is 32.2. The first kappa shape index (κ1) is 29.9. The van der Waals surface area contributed by atoms with Crippen molar-refractivity contribution < 1.29 is 34.2 Å². The summed E-state index contributed by atoms with van der Waals surface area (Å²) in [6.45, 7) is 3.36. The van der Waals surface area contributed by atoms with E-state index in [2.05, 4.69) is 25.9 Å². The van der Waals surface area contributed by atoms with Crippen LogP contribution in [0.1, 0.15) is 38.8 Å². The van der Waals surface area contributed by atoms with Gasteiger partial charge in [-0.05, 0) is 30.8 Å². The van der Waals surface area contributed by atoms with E-state index in [0.717, 1.165) is 0 Å². The van der Waals surface area contributed by atoms with E-state index in [1.54, 1.807) is 20.1 Å². The Bertz CT molecular complexity index is 864. The maximum atomic E-state index is 13.0. The summed E-state index contributed by atoms with van der Waals surface area (Å²) in [4.78, 5) is 67.5. The number of imidazole rings is 1. The molecule has 1 heterocycles. The summed E-state index contributed by atoms with van der Waals surface area (Å²) in [6.07, 6.45) is 4.37. The molecule has 0 saturated carbocycles. The fourth-order valence-electron chi connectivity index (χ4n) is 3.08. The van der Waals surface area contributed by atoms with Gasteiger partial charge in [-0.2, -0.15) is 11.8 Å². The van der Waals surface area contributed by atoms with Gasteiger partial charge in [0.2, 0.25) is 17.7 Å². The highest BCUT2D eigenvalue weighted by molar-refractivity contribution is 7.98. The molecule has 0 aliphatic heterocycles. The normalized spacial score (nSPS) is 14.4. The van der Waals surface area contributed by atoms with Crippen molar-refractivity contribution >= 4 is 41.4 Å². The van der Waals surface area contributed by atoms with Crippen molar-refractivity contribution in [2.24, 2.45) is 11.7 Å². The lowest BCUT2D eigenvalue weighted by Gasteiger charge is -2.26. The molecule has 0 aliphatic rings. The second-order valence-electron chi connectivity index (χ2n) is 8.29. The number of nitrogens with two attached hydrogens (primary N) is 1. The molecule has 196 valence electrons. The first-order chi connectivity index (χ1) is 16.5. The summed E-state index contributed by atoms with van der Waals surface area (Å²) in [5.74, 6) is -4.48. The SMILES string of the molecule is CSCCC(NC(=O)C(CCC(=O)O)NC(=O)C(NC(=O)C(N)Cc1cnc[nH]1)C(C)C)C(=O)O. The number of hydrogen-bond donors (Lipinski definition) is 7. The van der Waals surface area contributed by atoms with Gasteiger partial charge in [0.15, 0.2) is 0 Å². The smallest absolute Gasteiger partial charge is 0.326 e. The van der Waals surface area contributed by atoms with E-state index in [1.165, 1.54) is 24.3 Å². The van der Waals surface area contributed by atoms with Crippen LogP contribution in [-0.2, 0) is 30.4 Å². The Morgan fingerprint density at radius 3 is 2.20 bits per heavy atom. The lowest BCUT2D eigenvalue weighted by molar-refractivity contribution is -0.143. The van der Waals surface area contributed by atoms with Crippen molar-refractivity contribution in [1.29, 1.82) is 0 Å². The molecular weight excluding hydrogens is 480 g/mol. The standard InChI is InChI=1S/C21H34N6O7S/c1-11(2)17(27-18(30)13(22)8-12-9-23-10-24-12)20(32)25-14(4-5-16(28)29)19(31)26-15(21(33)34)6-7-35-3/h9-11,13-15,17H,4-8,22H2,1-3H3,(H,23,24)(H,25,32)(H,26,31)(H,27,30)(H,28,29)(H,33,34). The number of aromatic amines is 1. The zero-order valence-corrected chi connectivity index (χ0v) is 20.8. The first-order valence-electron chi connectivity index (χ1n) is 11.0. The fraction of sp³-hybridized carbons (Fsp3) is 0.619. The maximum absolute atomic E-state index is 13.0. The van der Waals surface area contributed by atoms with Crippen LogP contribution in [0.2, 0.25) is 0 Å². The van der Waals surface area contributed by atoms with Crippen LogP contribution in [0, 0.1) is 5.92 Å². The van der Waals surface area contributed by atoms with Crippen LogP contribution >= 0.6 is 11.8 Å². The summed E-state index contributed by atoms with van der Waals surface area (Å²) < 4.78 is 0. The van der Waals surface area contributed by atoms with Gasteiger partial charge in [0.05, 0.1) is 12.4 Å². The van der Waals surface area contributed by atoms with Gasteiger partial charge in [0.1, 0.15) is 18.1 Å². The minimum absolute atomic E-state index is 0.154. The largest absolute Gasteiger partial charge is 0.481 e. The highest BCUT2D eigenvalue weighted by Crippen LogP contribution is 2.08. The molecule has 13 nitrogen and oxygen atoms in total. The summed E-state index contributed by atoms with van der Waals surface area (Å²) >= 11 is 1.41. The molecule has 0 spiro atoms. The average molecular weight is 515 g/mol. The number of carbonyl (C=O) groups is 5. The Morgan fingerprint density at radius 1 is 1.03 bits per heavy atom. The molecule has 1 aromatic rings. The number of amides is 3. The molecule has 1 rings (SSSR count). The third kappa shape index (κ3) is 10.8. The molecule has 0 saturated heterocycles. The quantitative estimate of drug-likeness (QED) is 0.144. The van der Waals surface area contributed by atoms with E-state index in [1.807, 2.05) is 0 Å². The average Bonchev–Trinajstić information content (AvgIpc) is 3.29. The van der Waals surface area contributed by atoms with E-state index in [9.17, 15) is 29.1 Å². The first-order valence-corrected chi connectivity index (χ1v) is 12.4. The van der Waals surface area contributed by atoms with Gasteiger partial charge in [-0.15, -0.1) is 0 Å². The maximum Gasteiger partial charge on any atom is 0.326 e. The predicted molar refractivity (Wildman–Crippen MR) is 128 cm³/mol. The number of carboxylic acids is 2. The highest BCUT2D eigenvalue weighted by Gasteiger charge is 2.32. The second-order valence-corrected chi connectivity index (χ2v) is 9.28. The number of nitrogens with one attached hydrogen (secondary N) is 4. The topological polar surface area (TPSA) is 217 Å². The lowest BCUT2D eigenvalue weighted by atomic mass is 10.0. The van der Waals surface area contributed by atoms with Crippen molar-refractivity contribution in [2.45, 2.75) is 63.7 Å². The van der Waals surface area contributed by atoms with Crippen LogP contribution in [-0.4, -0.2) is 86.0 Å². The Kier molecular flexibility index (Phi) is 12.8. The number of aromatic nitrogens is 2. The van der Waals surface area contributed by atoms with E-state index >= 15 is 0 Å². The van der Waals surface area contributed by atoms with Crippen LogP contribution in [0.15, 0.2) is 12.5 Å². The van der Waals surface area contributed by atoms with Crippen molar-refractivity contribution in [1.82, 2.24) is 25.9 Å². The molecule has 35 heavy (non-hydrogen) atoms. The predicted octanol–water partition coefficient (Wildman–Crippen LogP) is -0.908. The van der Waals surface area contributed by atoms with Crippen LogP contribution in [0.3, 0.4) is 0 Å². The number of thioether (sulfide) groups is 1. The lowest BCUT2D eigenvalue weighted by Crippen LogP contribution is -2.58. The molecule has 1 aromatic heterocycles. The van der Waals surface area contributed by atoms with Crippen molar-refractivity contribution in [3.63, 3.8) is 0 Å². The van der Waals surface area contributed by atoms with Crippen LogP contribution < -0.4 is 21.7 Å². The molecule has 0 aliphatic carbocycles. The van der Waals surface area contributed by atoms with Crippen LogP contribution in [0.25, 0.3) is 0 Å². The number of rotatable bonds is 16. The Hall–Kier alpha value is -3.13. The van der Waals surface area contributed by atoms with Gasteiger partial charge in [0.25, 0.3) is 0 Å². The van der Waals surface area contributed by atoms with Gasteiger partial charge >= 0.3 is 11.9 Å². The minimum atomic E-state index is -1.31. The minimum Gasteiger partial charge on any atom is -0.481 e. The zero-order chi connectivity index (χ0) is 26.5. The van der Waals surface area contributed by atoms with Gasteiger partial charge < -0.3 is 36.9 Å². The number of carboxylic acid groups (broad SMARTS) is 2. The Labute approximate surface area is 207 Å². The summed E-state index contributed by atoms with van der Waals surface area (Å²) in [5.41, 5.74) is 6.57. The molecule has 3 amide bonds. The third-order valence-corrected chi connectivity index (χ3v) is 5.73. The second kappa shape index (κ2) is 15.0. The van der Waals surface area contributed by atoms with Crippen LogP contribution in [0.5, 0.6) is 0 Å². The molecule has 4 atom stereocenters. The third-order valence-electron chi connectivity index (χ3n) is 5.08. The van der Waals surface area contributed by atoms with Gasteiger partial charge in [0, 0.05) is 24.7 Å². The molecular formula is C21H34N6O7S. The van der Waals surface area contributed by atoms with Crippen molar-refractivity contribution in [2.75, 3.05) is 12.0 Å². The fourth-order valence-corrected chi connectivity index (χ4v) is 3.56. The van der Waals surface area contributed by atoms with E-state index < -0.39 is 66.2 Å². The number of carbonyl (C=O) groups excluding carboxylic acids is 3. The number of nitrogens with zero attached hydrogens (tertiary/aromatic N) is 1. The van der Waals surface area contributed by atoms with E-state index in [-0.39, 0.29) is 19.3 Å². The molecule has 8 N–H and O–H groups in total. The Balaban J connectivity index is 2.91. The van der Waals surface area contributed by atoms with Crippen LogP contribution in [0.4, 0.5) is 0 Å². The van der Waals surface area contributed by atoms with Gasteiger partial charge in [-0.25, -0.2) is 9.78 Å². The number of aliphatic carboxylic acids is 2. The molecule has 14 heteroatoms. The molecule has 0 bridgehead atoms. The number of hydrogen-bond acceptors (Lipinski definition) is 8. The molecule has 0 aromatic carbocycles. The summed E-state index contributed by atoms with van der Waals surface area (Å²) in [7, 11) is 0. The van der Waals surface area contributed by atoms with E-state index in [4.69, 9.17) is 10.8 Å².